The molecule has 7 nitrogen and oxygen atoms in total. The minimum Gasteiger partial charge on any atom is -0.384 e. The number of nitrogens with two attached hydrogens (primary N) is 1. The molecule has 2 aromatic carbocycles. The molecule has 2 aromatic rings. The molecule has 148 valence electrons. The Labute approximate surface area is 161 Å². The number of primary sulfonamides is 1. The lowest BCUT2D eigenvalue weighted by Crippen LogP contribution is -2.21. The van der Waals surface area contributed by atoms with E-state index in [0.29, 0.717) is 12.2 Å². The lowest BCUT2D eigenvalue weighted by molar-refractivity contribution is 0.325. The maximum atomic E-state index is 12.0. The zero-order valence-corrected chi connectivity index (χ0v) is 17.1. The third kappa shape index (κ3) is 6.62. The van der Waals surface area contributed by atoms with Crippen molar-refractivity contribution in [3.63, 3.8) is 0 Å². The molecule has 0 saturated carbocycles. The van der Waals surface area contributed by atoms with Gasteiger partial charge in [0.25, 0.3) is 0 Å². The molecule has 0 spiro atoms. The fourth-order valence-corrected chi connectivity index (χ4v) is 4.17. The zero-order valence-electron chi connectivity index (χ0n) is 15.4. The number of hydrogen-bond acceptors (Lipinski definition) is 6. The summed E-state index contributed by atoms with van der Waals surface area (Å²) in [4.78, 5) is 1.88. The van der Waals surface area contributed by atoms with E-state index in [1.54, 1.807) is 0 Å². The van der Waals surface area contributed by atoms with Gasteiger partial charge in [0.15, 0.2) is 9.84 Å². The van der Waals surface area contributed by atoms with Crippen LogP contribution in [0.5, 0.6) is 0 Å². The molecule has 0 heterocycles. The second-order valence-electron chi connectivity index (χ2n) is 6.48. The van der Waals surface area contributed by atoms with Crippen LogP contribution in [0.2, 0.25) is 0 Å². The Morgan fingerprint density at radius 1 is 1.04 bits per heavy atom. The Morgan fingerprint density at radius 3 is 2.30 bits per heavy atom. The van der Waals surface area contributed by atoms with Crippen LogP contribution in [0.4, 0.5) is 5.69 Å². The molecule has 0 aromatic heterocycles. The van der Waals surface area contributed by atoms with Gasteiger partial charge in [-0.15, -0.1) is 0 Å². The van der Waals surface area contributed by atoms with Crippen LogP contribution < -0.4 is 10.5 Å². The Morgan fingerprint density at radius 2 is 1.70 bits per heavy atom. The summed E-state index contributed by atoms with van der Waals surface area (Å²) in [6, 6.07) is 14.0. The average molecular weight is 412 g/mol. The summed E-state index contributed by atoms with van der Waals surface area (Å²) in [5.41, 5.74) is 1.60. The van der Waals surface area contributed by atoms with E-state index in [9.17, 15) is 16.8 Å². The number of nitrogens with zero attached hydrogens (tertiary/aromatic N) is 1. The fraction of sp³-hybridized carbons (Fsp3) is 0.333. The molecular weight excluding hydrogens is 386 g/mol. The van der Waals surface area contributed by atoms with E-state index in [1.165, 1.54) is 17.7 Å². The van der Waals surface area contributed by atoms with Gasteiger partial charge in [-0.25, -0.2) is 22.0 Å². The first-order valence-corrected chi connectivity index (χ1v) is 11.8. The lowest BCUT2D eigenvalue weighted by atomic mass is 10.2. The molecule has 2 rings (SSSR count). The highest BCUT2D eigenvalue weighted by molar-refractivity contribution is 7.91. The molecule has 27 heavy (non-hydrogen) atoms. The smallest absolute Gasteiger partial charge is 0.238 e. The molecule has 0 amide bonds. The Hall–Kier alpha value is -1.94. The number of rotatable bonds is 9. The predicted molar refractivity (Wildman–Crippen MR) is 107 cm³/mol. The summed E-state index contributed by atoms with van der Waals surface area (Å²) in [6.07, 6.45) is 1.83. The van der Waals surface area contributed by atoms with E-state index in [2.05, 4.69) is 22.3 Å². The molecule has 0 radical (unpaired) electrons. The van der Waals surface area contributed by atoms with E-state index < -0.39 is 19.9 Å². The number of anilines is 1. The summed E-state index contributed by atoms with van der Waals surface area (Å²) in [7, 11) is -5.55. The Bertz CT molecular complexity index is 975. The molecule has 0 bridgehead atoms. The van der Waals surface area contributed by atoms with Crippen molar-refractivity contribution in [2.75, 3.05) is 31.7 Å². The van der Waals surface area contributed by atoms with Crippen molar-refractivity contribution in [2.24, 2.45) is 5.14 Å². The van der Waals surface area contributed by atoms with Gasteiger partial charge in [-0.3, -0.25) is 0 Å². The molecular formula is C18H25N3O4S2. The van der Waals surface area contributed by atoms with Crippen LogP contribution in [0.1, 0.15) is 12.0 Å². The van der Waals surface area contributed by atoms with Crippen molar-refractivity contribution >= 4 is 25.5 Å². The molecule has 9 heteroatoms. The fourth-order valence-electron chi connectivity index (χ4n) is 2.68. The molecule has 0 aliphatic heterocycles. The highest BCUT2D eigenvalue weighted by Gasteiger charge is 2.18. The molecule has 0 aliphatic rings. The van der Waals surface area contributed by atoms with E-state index in [-0.39, 0.29) is 9.79 Å². The van der Waals surface area contributed by atoms with Gasteiger partial charge in [-0.2, -0.15) is 0 Å². The predicted octanol–water partition coefficient (Wildman–Crippen LogP) is 1.67. The van der Waals surface area contributed by atoms with Gasteiger partial charge in [0.1, 0.15) is 0 Å². The standard InChI is InChI=1S/C18H25N3O4S2/c1-21(14-15-7-4-3-5-8-15)12-6-11-20-17-10-9-16(27(19,24)25)13-18(17)26(2,22)23/h3-5,7-10,13,20H,6,11-12,14H2,1-2H3,(H2,19,24,25). The minimum absolute atomic E-state index is 0.0772. The topological polar surface area (TPSA) is 110 Å². The molecule has 0 unspecified atom stereocenters. The van der Waals surface area contributed by atoms with Gasteiger partial charge in [0.05, 0.1) is 15.5 Å². The molecule has 0 atom stereocenters. The van der Waals surface area contributed by atoms with Crippen molar-refractivity contribution < 1.29 is 16.8 Å². The van der Waals surface area contributed by atoms with Crippen molar-refractivity contribution in [1.82, 2.24) is 4.90 Å². The maximum absolute atomic E-state index is 12.0. The van der Waals surface area contributed by atoms with Crippen LogP contribution in [-0.2, 0) is 26.4 Å². The zero-order chi connectivity index (χ0) is 20.1. The first-order chi connectivity index (χ1) is 12.6. The van der Waals surface area contributed by atoms with E-state index in [1.807, 2.05) is 25.2 Å². The summed E-state index contributed by atoms with van der Waals surface area (Å²) in [5.74, 6) is 0. The van der Waals surface area contributed by atoms with Crippen molar-refractivity contribution in [1.29, 1.82) is 0 Å². The summed E-state index contributed by atoms with van der Waals surface area (Å²) < 4.78 is 46.9. The lowest BCUT2D eigenvalue weighted by Gasteiger charge is -2.17. The van der Waals surface area contributed by atoms with Gasteiger partial charge < -0.3 is 10.2 Å². The van der Waals surface area contributed by atoms with Crippen molar-refractivity contribution in [3.05, 3.63) is 54.1 Å². The number of hydrogen-bond donors (Lipinski definition) is 2. The Kier molecular flexibility index (Phi) is 6.99. The number of benzene rings is 2. The van der Waals surface area contributed by atoms with Crippen molar-refractivity contribution in [3.8, 4) is 0 Å². The van der Waals surface area contributed by atoms with Crippen LogP contribution in [0.3, 0.4) is 0 Å². The third-order valence-corrected chi connectivity index (χ3v) is 6.06. The largest absolute Gasteiger partial charge is 0.384 e. The Balaban J connectivity index is 1.97. The van der Waals surface area contributed by atoms with Gasteiger partial charge in [0.2, 0.25) is 10.0 Å². The van der Waals surface area contributed by atoms with Gasteiger partial charge in [-0.1, -0.05) is 30.3 Å². The van der Waals surface area contributed by atoms with Gasteiger partial charge in [0, 0.05) is 19.3 Å². The second kappa shape index (κ2) is 8.83. The quantitative estimate of drug-likeness (QED) is 0.608. The molecule has 0 fully saturated rings. The van der Waals surface area contributed by atoms with Crippen LogP contribution in [-0.4, -0.2) is 48.1 Å². The van der Waals surface area contributed by atoms with E-state index in [0.717, 1.165) is 31.8 Å². The summed E-state index contributed by atoms with van der Waals surface area (Å²) in [6.45, 7) is 2.21. The van der Waals surface area contributed by atoms with E-state index >= 15 is 0 Å². The number of sulfonamides is 1. The number of sulfone groups is 1. The highest BCUT2D eigenvalue weighted by atomic mass is 32.2. The van der Waals surface area contributed by atoms with E-state index in [4.69, 9.17) is 5.14 Å². The number of nitrogens with one attached hydrogen (secondary N) is 1. The van der Waals surface area contributed by atoms with Crippen LogP contribution in [0, 0.1) is 0 Å². The first kappa shape index (κ1) is 21.4. The maximum Gasteiger partial charge on any atom is 0.238 e. The second-order valence-corrected chi connectivity index (χ2v) is 10.0. The monoisotopic (exact) mass is 411 g/mol. The molecule has 0 aliphatic carbocycles. The average Bonchev–Trinajstić information content (AvgIpc) is 2.58. The summed E-state index contributed by atoms with van der Waals surface area (Å²) >= 11 is 0. The van der Waals surface area contributed by atoms with Gasteiger partial charge >= 0.3 is 0 Å². The molecule has 3 N–H and O–H groups in total. The first-order valence-electron chi connectivity index (χ1n) is 8.40. The third-order valence-electron chi connectivity index (χ3n) is 4.01. The van der Waals surface area contributed by atoms with Crippen molar-refractivity contribution in [2.45, 2.75) is 22.8 Å². The van der Waals surface area contributed by atoms with Gasteiger partial charge in [-0.05, 0) is 43.8 Å². The summed E-state index contributed by atoms with van der Waals surface area (Å²) in [5, 5.41) is 8.16. The SMILES string of the molecule is CN(CCCNc1ccc(S(N)(=O)=O)cc1S(C)(=O)=O)Cc1ccccc1. The van der Waals surface area contributed by atoms with Crippen LogP contribution in [0.25, 0.3) is 0 Å². The molecule has 0 saturated heterocycles. The minimum atomic E-state index is -3.97. The van der Waals surface area contributed by atoms with Crippen LogP contribution >= 0.6 is 0 Å². The highest BCUT2D eigenvalue weighted by Crippen LogP contribution is 2.24. The van der Waals surface area contributed by atoms with Crippen LogP contribution in [0.15, 0.2) is 58.3 Å². The normalized spacial score (nSPS) is 12.3.